The van der Waals surface area contributed by atoms with Gasteiger partial charge in [-0.3, -0.25) is 4.79 Å². The van der Waals surface area contributed by atoms with Crippen LogP contribution in [0.3, 0.4) is 0 Å². The van der Waals surface area contributed by atoms with Gasteiger partial charge < -0.3 is 20.4 Å². The second-order valence-electron chi connectivity index (χ2n) is 8.42. The van der Waals surface area contributed by atoms with Crippen LogP contribution in [-0.4, -0.2) is 50.6 Å². The first-order valence-electron chi connectivity index (χ1n) is 9.52. The van der Waals surface area contributed by atoms with Crippen molar-refractivity contribution in [3.8, 4) is 0 Å². The van der Waals surface area contributed by atoms with Crippen molar-refractivity contribution >= 4 is 5.78 Å². The Labute approximate surface area is 154 Å². The molecule has 3 aliphatic rings. The van der Waals surface area contributed by atoms with Gasteiger partial charge in [0.25, 0.3) is 0 Å². The van der Waals surface area contributed by atoms with Gasteiger partial charge in [0.2, 0.25) is 0 Å². The molecule has 0 radical (unpaired) electrons. The van der Waals surface area contributed by atoms with E-state index in [2.05, 4.69) is 6.92 Å². The minimum Gasteiger partial charge on any atom is -0.393 e. The molecule has 26 heavy (non-hydrogen) atoms. The van der Waals surface area contributed by atoms with Crippen LogP contribution >= 0.6 is 0 Å². The minimum absolute atomic E-state index is 0.0444. The summed E-state index contributed by atoms with van der Waals surface area (Å²) in [5.74, 6) is -0.606. The van der Waals surface area contributed by atoms with E-state index in [-0.39, 0.29) is 12.0 Å². The second-order valence-corrected chi connectivity index (χ2v) is 8.42. The average Bonchev–Trinajstić information content (AvgIpc) is 2.86. The Morgan fingerprint density at radius 2 is 2.04 bits per heavy atom. The van der Waals surface area contributed by atoms with E-state index in [4.69, 9.17) is 0 Å². The number of allylic oxidation sites excluding steroid dienone is 4. The quantitative estimate of drug-likeness (QED) is 0.611. The largest absolute Gasteiger partial charge is 0.393 e. The summed E-state index contributed by atoms with van der Waals surface area (Å²) in [4.78, 5) is 12.2. The molecule has 0 unspecified atom stereocenters. The van der Waals surface area contributed by atoms with Crippen molar-refractivity contribution in [2.45, 2.75) is 70.2 Å². The fourth-order valence-corrected chi connectivity index (χ4v) is 5.16. The van der Waals surface area contributed by atoms with E-state index >= 15 is 0 Å². The van der Waals surface area contributed by atoms with Crippen molar-refractivity contribution in [3.63, 3.8) is 0 Å². The summed E-state index contributed by atoms with van der Waals surface area (Å²) in [6.07, 6.45) is 8.29. The summed E-state index contributed by atoms with van der Waals surface area (Å²) >= 11 is 0. The molecule has 0 aromatic rings. The summed E-state index contributed by atoms with van der Waals surface area (Å²) in [7, 11) is 0. The van der Waals surface area contributed by atoms with E-state index in [0.29, 0.717) is 25.7 Å². The number of carbonyl (C=O) groups is 1. The van der Waals surface area contributed by atoms with Crippen LogP contribution in [0.5, 0.6) is 0 Å². The number of aliphatic hydroxyl groups excluding tert-OH is 3. The fourth-order valence-electron chi connectivity index (χ4n) is 5.16. The number of Topliss-reactive ketones (excluding diaryl/α,β-unsaturated/α-hetero) is 1. The van der Waals surface area contributed by atoms with E-state index < -0.39 is 29.5 Å². The standard InChI is InChI=1S/C21H30O5/c1-13-3-6-16(23)9-14(13)4-5-15-10-17(24)11-20(2)18(15)7-8-21(20,26)19(25)12-22/h4-5,10,16-18,22-24,26H,3,6-9,11-12H2,1-2H3/b5-4+/t16-,17+,18-,20-,21-/m0/s1. The zero-order valence-corrected chi connectivity index (χ0v) is 15.6. The van der Waals surface area contributed by atoms with E-state index in [1.165, 1.54) is 5.57 Å². The fraction of sp³-hybridized carbons (Fsp3) is 0.667. The molecule has 0 heterocycles. The molecule has 0 aromatic carbocycles. The lowest BCUT2D eigenvalue weighted by molar-refractivity contribution is -0.156. The molecule has 1 saturated carbocycles. The lowest BCUT2D eigenvalue weighted by Gasteiger charge is -2.45. The van der Waals surface area contributed by atoms with Gasteiger partial charge in [0.1, 0.15) is 12.2 Å². The van der Waals surface area contributed by atoms with E-state index in [0.717, 1.165) is 24.0 Å². The summed E-state index contributed by atoms with van der Waals surface area (Å²) < 4.78 is 0. The van der Waals surface area contributed by atoms with E-state index in [9.17, 15) is 25.2 Å². The van der Waals surface area contributed by atoms with E-state index in [1.54, 1.807) is 0 Å². The first-order valence-corrected chi connectivity index (χ1v) is 9.52. The number of hydrogen-bond donors (Lipinski definition) is 4. The highest BCUT2D eigenvalue weighted by Gasteiger charge is 2.62. The normalized spacial score (nSPS) is 40.7. The molecule has 3 rings (SSSR count). The van der Waals surface area contributed by atoms with Gasteiger partial charge in [0.05, 0.1) is 12.2 Å². The van der Waals surface area contributed by atoms with Gasteiger partial charge >= 0.3 is 0 Å². The van der Waals surface area contributed by atoms with Crippen molar-refractivity contribution < 1.29 is 25.2 Å². The van der Waals surface area contributed by atoms with Gasteiger partial charge in [-0.15, -0.1) is 0 Å². The summed E-state index contributed by atoms with van der Waals surface area (Å²) in [5, 5.41) is 40.6. The molecule has 144 valence electrons. The Morgan fingerprint density at radius 1 is 1.31 bits per heavy atom. The van der Waals surface area contributed by atoms with Gasteiger partial charge in [-0.05, 0) is 62.5 Å². The Balaban J connectivity index is 1.90. The predicted octanol–water partition coefficient (Wildman–Crippen LogP) is 1.80. The first kappa shape index (κ1) is 19.5. The molecule has 4 N–H and O–H groups in total. The Kier molecular flexibility index (Phi) is 5.28. The Bertz CT molecular complexity index is 676. The maximum absolute atomic E-state index is 12.2. The molecule has 0 bridgehead atoms. The van der Waals surface area contributed by atoms with Gasteiger partial charge in [-0.1, -0.05) is 30.7 Å². The van der Waals surface area contributed by atoms with Gasteiger partial charge in [0.15, 0.2) is 5.78 Å². The zero-order chi connectivity index (χ0) is 19.1. The number of fused-ring (bicyclic) bond motifs is 1. The summed E-state index contributed by atoms with van der Waals surface area (Å²) in [5.41, 5.74) is 0.914. The molecular weight excluding hydrogens is 332 g/mol. The van der Waals surface area contributed by atoms with Crippen LogP contribution in [0.25, 0.3) is 0 Å². The second kappa shape index (κ2) is 7.04. The highest BCUT2D eigenvalue weighted by atomic mass is 16.3. The molecule has 0 aromatic heterocycles. The Morgan fingerprint density at radius 3 is 2.73 bits per heavy atom. The summed E-state index contributed by atoms with van der Waals surface area (Å²) in [6.45, 7) is 3.24. The molecule has 0 spiro atoms. The summed E-state index contributed by atoms with van der Waals surface area (Å²) in [6, 6.07) is 0. The number of carbonyl (C=O) groups excluding carboxylic acids is 1. The van der Waals surface area contributed by atoms with Crippen LogP contribution < -0.4 is 0 Å². The molecule has 3 aliphatic carbocycles. The van der Waals surface area contributed by atoms with Crippen LogP contribution in [0.4, 0.5) is 0 Å². The van der Waals surface area contributed by atoms with Crippen molar-refractivity contribution in [1.29, 1.82) is 0 Å². The molecule has 1 fully saturated rings. The monoisotopic (exact) mass is 362 g/mol. The molecular formula is C21H30O5. The topological polar surface area (TPSA) is 98.0 Å². The molecule has 0 aliphatic heterocycles. The highest BCUT2D eigenvalue weighted by molar-refractivity contribution is 5.89. The van der Waals surface area contributed by atoms with Crippen molar-refractivity contribution in [2.24, 2.45) is 11.3 Å². The average molecular weight is 362 g/mol. The zero-order valence-electron chi connectivity index (χ0n) is 15.6. The third kappa shape index (κ3) is 3.11. The van der Waals surface area contributed by atoms with Gasteiger partial charge in [0, 0.05) is 5.41 Å². The first-order chi connectivity index (χ1) is 12.2. The molecule has 5 heteroatoms. The maximum atomic E-state index is 12.2. The molecule has 5 atom stereocenters. The highest BCUT2D eigenvalue weighted by Crippen LogP contribution is 2.58. The van der Waals surface area contributed by atoms with Crippen LogP contribution in [0, 0.1) is 11.3 Å². The van der Waals surface area contributed by atoms with E-state index in [1.807, 2.05) is 25.2 Å². The predicted molar refractivity (Wildman–Crippen MR) is 98.3 cm³/mol. The van der Waals surface area contributed by atoms with Crippen molar-refractivity contribution in [3.05, 3.63) is 34.9 Å². The molecule has 5 nitrogen and oxygen atoms in total. The third-order valence-corrected chi connectivity index (χ3v) is 6.87. The van der Waals surface area contributed by atoms with Crippen molar-refractivity contribution in [2.75, 3.05) is 6.61 Å². The van der Waals surface area contributed by atoms with Gasteiger partial charge in [-0.25, -0.2) is 0 Å². The van der Waals surface area contributed by atoms with Crippen LogP contribution in [0.2, 0.25) is 0 Å². The number of hydrogen-bond acceptors (Lipinski definition) is 5. The number of aliphatic hydroxyl groups is 4. The number of ketones is 1. The van der Waals surface area contributed by atoms with Crippen molar-refractivity contribution in [1.82, 2.24) is 0 Å². The van der Waals surface area contributed by atoms with Gasteiger partial charge in [-0.2, -0.15) is 0 Å². The van der Waals surface area contributed by atoms with Crippen LogP contribution in [-0.2, 0) is 4.79 Å². The molecule has 0 saturated heterocycles. The third-order valence-electron chi connectivity index (χ3n) is 6.87. The van der Waals surface area contributed by atoms with Crippen LogP contribution in [0.1, 0.15) is 52.4 Å². The minimum atomic E-state index is -1.60. The lowest BCUT2D eigenvalue weighted by Crippen LogP contribution is -2.54. The SMILES string of the molecule is CC1=C(/C=C/C2=C[C@@H](O)C[C@@]3(C)[C@H]2CC[C@]3(O)C(=O)CO)C[C@@H](O)CC1. The van der Waals surface area contributed by atoms with Crippen LogP contribution in [0.15, 0.2) is 34.9 Å². The smallest absolute Gasteiger partial charge is 0.190 e. The Hall–Kier alpha value is -1.27. The molecule has 0 amide bonds. The maximum Gasteiger partial charge on any atom is 0.190 e. The lowest BCUT2D eigenvalue weighted by atomic mass is 9.61. The number of rotatable bonds is 4.